The molecule has 1 fully saturated rings. The number of nitro benzene ring substituents is 1. The number of halogens is 3. The van der Waals surface area contributed by atoms with Crippen LogP contribution in [0.25, 0.3) is 10.8 Å². The van der Waals surface area contributed by atoms with Crippen LogP contribution in [0.2, 0.25) is 0 Å². The highest BCUT2D eigenvalue weighted by Crippen LogP contribution is 2.39. The van der Waals surface area contributed by atoms with Gasteiger partial charge in [-0.15, -0.1) is 0 Å². The van der Waals surface area contributed by atoms with Crippen LogP contribution >= 0.6 is 0 Å². The van der Waals surface area contributed by atoms with Crippen LogP contribution in [0.5, 0.6) is 5.88 Å². The second-order valence-electron chi connectivity index (χ2n) is 5.88. The SMILES string of the molecule is O=[N+]([O-])c1cccc2c(OC3CCC(C(F)(F)F)CC3)nccc12. The number of nitrogens with zero attached hydrogens (tertiary/aromatic N) is 2. The van der Waals surface area contributed by atoms with Crippen LogP contribution in [0, 0.1) is 16.0 Å². The summed E-state index contributed by atoms with van der Waals surface area (Å²) in [5, 5.41) is 12.0. The molecule has 0 atom stereocenters. The lowest BCUT2D eigenvalue weighted by Gasteiger charge is -2.30. The molecule has 128 valence electrons. The lowest BCUT2D eigenvalue weighted by molar-refractivity contribution is -0.383. The molecule has 0 N–H and O–H groups in total. The van der Waals surface area contributed by atoms with Gasteiger partial charge in [0.1, 0.15) is 6.10 Å². The van der Waals surface area contributed by atoms with Crippen LogP contribution in [-0.4, -0.2) is 22.2 Å². The van der Waals surface area contributed by atoms with Crippen molar-refractivity contribution in [1.82, 2.24) is 4.98 Å². The maximum Gasteiger partial charge on any atom is 0.391 e. The van der Waals surface area contributed by atoms with E-state index in [2.05, 4.69) is 4.98 Å². The molecule has 1 aliphatic carbocycles. The van der Waals surface area contributed by atoms with Crippen molar-refractivity contribution in [2.45, 2.75) is 38.0 Å². The topological polar surface area (TPSA) is 65.3 Å². The molecule has 1 saturated carbocycles. The molecule has 0 amide bonds. The maximum atomic E-state index is 12.7. The Labute approximate surface area is 135 Å². The lowest BCUT2D eigenvalue weighted by Crippen LogP contribution is -2.32. The van der Waals surface area contributed by atoms with E-state index in [0.717, 1.165) is 0 Å². The predicted molar refractivity (Wildman–Crippen MR) is 80.8 cm³/mol. The molecular weight excluding hydrogens is 325 g/mol. The molecule has 5 nitrogen and oxygen atoms in total. The van der Waals surface area contributed by atoms with E-state index in [1.807, 2.05) is 0 Å². The maximum absolute atomic E-state index is 12.7. The van der Waals surface area contributed by atoms with Gasteiger partial charge in [-0.05, 0) is 37.8 Å². The molecule has 2 aromatic rings. The molecule has 1 heterocycles. The molecule has 0 spiro atoms. The van der Waals surface area contributed by atoms with Crippen LogP contribution in [-0.2, 0) is 0 Å². The van der Waals surface area contributed by atoms with Crippen LogP contribution in [0.1, 0.15) is 25.7 Å². The second kappa shape index (κ2) is 6.26. The zero-order chi connectivity index (χ0) is 17.3. The lowest BCUT2D eigenvalue weighted by atomic mass is 9.87. The number of aromatic nitrogens is 1. The van der Waals surface area contributed by atoms with Crippen molar-refractivity contribution in [2.75, 3.05) is 0 Å². The second-order valence-corrected chi connectivity index (χ2v) is 5.88. The summed E-state index contributed by atoms with van der Waals surface area (Å²) in [4.78, 5) is 14.7. The number of rotatable bonds is 3. The molecule has 1 aromatic heterocycles. The molecule has 0 saturated heterocycles. The molecule has 0 radical (unpaired) electrons. The van der Waals surface area contributed by atoms with Gasteiger partial charge in [0.15, 0.2) is 0 Å². The van der Waals surface area contributed by atoms with Gasteiger partial charge in [-0.3, -0.25) is 10.1 Å². The third-order valence-corrected chi connectivity index (χ3v) is 4.36. The first-order valence-electron chi connectivity index (χ1n) is 7.62. The zero-order valence-electron chi connectivity index (χ0n) is 12.6. The van der Waals surface area contributed by atoms with Gasteiger partial charge in [0.05, 0.1) is 21.6 Å². The molecule has 24 heavy (non-hydrogen) atoms. The number of alkyl halides is 3. The number of ether oxygens (including phenoxy) is 1. The standard InChI is InChI=1S/C16H15F3N2O3/c17-16(18,19)10-4-6-11(7-5-10)24-15-13-2-1-3-14(21(22)23)12(13)8-9-20-15/h1-3,8-11H,4-7H2. The third kappa shape index (κ3) is 3.27. The van der Waals surface area contributed by atoms with Crippen LogP contribution < -0.4 is 4.74 Å². The van der Waals surface area contributed by atoms with E-state index in [-0.39, 0.29) is 43.4 Å². The summed E-state index contributed by atoms with van der Waals surface area (Å²) in [5.74, 6) is -1.05. The van der Waals surface area contributed by atoms with Crippen LogP contribution in [0.15, 0.2) is 30.5 Å². The number of hydrogen-bond donors (Lipinski definition) is 0. The largest absolute Gasteiger partial charge is 0.474 e. The Kier molecular flexibility index (Phi) is 4.29. The highest BCUT2D eigenvalue weighted by molar-refractivity contribution is 5.93. The first kappa shape index (κ1) is 16.5. The zero-order valence-corrected chi connectivity index (χ0v) is 12.6. The minimum atomic E-state index is -4.16. The summed E-state index contributed by atoms with van der Waals surface area (Å²) in [6.07, 6.45) is -2.48. The van der Waals surface area contributed by atoms with E-state index in [4.69, 9.17) is 4.74 Å². The number of pyridine rings is 1. The highest BCUT2D eigenvalue weighted by atomic mass is 19.4. The summed E-state index contributed by atoms with van der Waals surface area (Å²) < 4.78 is 43.9. The molecule has 1 aromatic carbocycles. The summed E-state index contributed by atoms with van der Waals surface area (Å²) in [6.45, 7) is 0. The van der Waals surface area contributed by atoms with E-state index < -0.39 is 17.0 Å². The number of nitro groups is 1. The minimum absolute atomic E-state index is 0.0269. The Hall–Kier alpha value is -2.38. The molecule has 3 rings (SSSR count). The van der Waals surface area contributed by atoms with Crippen molar-refractivity contribution in [3.8, 4) is 5.88 Å². The molecular formula is C16H15F3N2O3. The van der Waals surface area contributed by atoms with E-state index in [1.54, 1.807) is 6.07 Å². The number of benzene rings is 1. The summed E-state index contributed by atoms with van der Waals surface area (Å²) in [6, 6.07) is 6.11. The number of non-ortho nitro benzene ring substituents is 1. The minimum Gasteiger partial charge on any atom is -0.474 e. The van der Waals surface area contributed by atoms with Crippen LogP contribution in [0.3, 0.4) is 0 Å². The Morgan fingerprint density at radius 1 is 1.12 bits per heavy atom. The first-order chi connectivity index (χ1) is 11.4. The van der Waals surface area contributed by atoms with Gasteiger partial charge in [0.25, 0.3) is 5.69 Å². The molecule has 0 bridgehead atoms. The van der Waals surface area contributed by atoms with Crippen molar-refractivity contribution in [1.29, 1.82) is 0 Å². The number of hydrogen-bond acceptors (Lipinski definition) is 4. The summed E-state index contributed by atoms with van der Waals surface area (Å²) in [5.41, 5.74) is -0.0551. The molecule has 1 aliphatic rings. The third-order valence-electron chi connectivity index (χ3n) is 4.36. The number of fused-ring (bicyclic) bond motifs is 1. The van der Waals surface area contributed by atoms with Gasteiger partial charge in [-0.2, -0.15) is 13.2 Å². The van der Waals surface area contributed by atoms with Crippen molar-refractivity contribution < 1.29 is 22.8 Å². The fraction of sp³-hybridized carbons (Fsp3) is 0.438. The highest BCUT2D eigenvalue weighted by Gasteiger charge is 2.41. The van der Waals surface area contributed by atoms with Gasteiger partial charge in [0.2, 0.25) is 5.88 Å². The van der Waals surface area contributed by atoms with Crippen molar-refractivity contribution in [2.24, 2.45) is 5.92 Å². The monoisotopic (exact) mass is 340 g/mol. The van der Waals surface area contributed by atoms with Crippen LogP contribution in [0.4, 0.5) is 18.9 Å². The van der Waals surface area contributed by atoms with Crippen molar-refractivity contribution in [3.05, 3.63) is 40.6 Å². The van der Waals surface area contributed by atoms with Crippen molar-refractivity contribution in [3.63, 3.8) is 0 Å². The van der Waals surface area contributed by atoms with Gasteiger partial charge >= 0.3 is 6.18 Å². The van der Waals surface area contributed by atoms with Gasteiger partial charge in [0, 0.05) is 12.3 Å². The quantitative estimate of drug-likeness (QED) is 0.603. The molecule has 0 aliphatic heterocycles. The van der Waals surface area contributed by atoms with Gasteiger partial charge < -0.3 is 4.74 Å². The average molecular weight is 340 g/mol. The summed E-state index contributed by atoms with van der Waals surface area (Å²) >= 11 is 0. The summed E-state index contributed by atoms with van der Waals surface area (Å²) in [7, 11) is 0. The van der Waals surface area contributed by atoms with E-state index >= 15 is 0 Å². The van der Waals surface area contributed by atoms with E-state index in [1.165, 1.54) is 24.4 Å². The normalized spacial score (nSPS) is 21.6. The Balaban J connectivity index is 1.80. The van der Waals surface area contributed by atoms with E-state index in [0.29, 0.717) is 10.8 Å². The Morgan fingerprint density at radius 3 is 2.46 bits per heavy atom. The van der Waals surface area contributed by atoms with Gasteiger partial charge in [-0.25, -0.2) is 4.98 Å². The fourth-order valence-electron chi connectivity index (χ4n) is 3.08. The molecule has 8 heteroatoms. The average Bonchev–Trinajstić information content (AvgIpc) is 2.54. The van der Waals surface area contributed by atoms with Gasteiger partial charge in [-0.1, -0.05) is 6.07 Å². The Morgan fingerprint density at radius 2 is 1.83 bits per heavy atom. The Bertz CT molecular complexity index is 756. The predicted octanol–water partition coefficient (Wildman–Crippen LogP) is 4.64. The first-order valence-corrected chi connectivity index (χ1v) is 7.62. The smallest absolute Gasteiger partial charge is 0.391 e. The fourth-order valence-corrected chi connectivity index (χ4v) is 3.08. The molecule has 0 unspecified atom stereocenters. The van der Waals surface area contributed by atoms with Crippen molar-refractivity contribution >= 4 is 16.5 Å². The van der Waals surface area contributed by atoms with E-state index in [9.17, 15) is 23.3 Å².